The number of alkyl halides is 1. The highest BCUT2D eigenvalue weighted by molar-refractivity contribution is 6.10. The van der Waals surface area contributed by atoms with Gasteiger partial charge in [0.05, 0.1) is 0 Å². The maximum Gasteiger partial charge on any atom is 0.212 e. The first-order valence-electron chi connectivity index (χ1n) is 12.9. The standard InChI is InChI=1S/C17H19B.C16H15FN2/c1-13-7-3-5-9-15(13)17(11-12-18)16-10-6-4-8-14(16)2;1-13-7-5-6-10-16(13,17)19-12-11-18-15(19)14-8-3-2-4-9-14/h3-11H,12,18H2,1-2H3;2-13H,1H3. The van der Waals surface area contributed by atoms with Crippen molar-refractivity contribution in [1.82, 2.24) is 9.55 Å². The van der Waals surface area contributed by atoms with Crippen LogP contribution in [0, 0.1) is 19.8 Å². The lowest BCUT2D eigenvalue weighted by molar-refractivity contribution is 0.0861. The summed E-state index contributed by atoms with van der Waals surface area (Å²) in [7, 11) is 2.19. The van der Waals surface area contributed by atoms with Gasteiger partial charge >= 0.3 is 0 Å². The zero-order chi connectivity index (χ0) is 26.3. The molecule has 3 aromatic carbocycles. The second kappa shape index (κ2) is 11.9. The summed E-state index contributed by atoms with van der Waals surface area (Å²) in [6, 6.07) is 26.9. The molecule has 4 aromatic rings. The largest absolute Gasteiger partial charge is 0.294 e. The van der Waals surface area contributed by atoms with Crippen molar-refractivity contribution in [2.24, 2.45) is 5.92 Å². The molecule has 1 aliphatic rings. The summed E-state index contributed by atoms with van der Waals surface area (Å²) >= 11 is 0. The lowest BCUT2D eigenvalue weighted by atomic mass is 9.89. The number of allylic oxidation sites excluding steroid dienone is 5. The van der Waals surface area contributed by atoms with Crippen molar-refractivity contribution in [2.75, 3.05) is 0 Å². The van der Waals surface area contributed by atoms with Gasteiger partial charge in [0, 0.05) is 23.9 Å². The van der Waals surface area contributed by atoms with Crippen LogP contribution in [-0.4, -0.2) is 17.4 Å². The second-order valence-corrected chi connectivity index (χ2v) is 9.40. The van der Waals surface area contributed by atoms with Crippen LogP contribution in [0.2, 0.25) is 6.32 Å². The van der Waals surface area contributed by atoms with E-state index in [9.17, 15) is 0 Å². The molecule has 1 aromatic heterocycles. The highest BCUT2D eigenvalue weighted by Gasteiger charge is 2.37. The Labute approximate surface area is 221 Å². The van der Waals surface area contributed by atoms with Gasteiger partial charge in [-0.05, 0) is 47.8 Å². The molecular formula is C33H34BFN2. The first-order valence-corrected chi connectivity index (χ1v) is 12.9. The summed E-state index contributed by atoms with van der Waals surface area (Å²) in [6.45, 7) is 6.23. The van der Waals surface area contributed by atoms with Gasteiger partial charge in [-0.25, -0.2) is 9.37 Å². The fraction of sp³-hybridized carbons (Fsp3) is 0.182. The molecule has 5 rings (SSSR count). The predicted octanol–water partition coefficient (Wildman–Crippen LogP) is 7.72. The van der Waals surface area contributed by atoms with Gasteiger partial charge in [-0.1, -0.05) is 116 Å². The second-order valence-electron chi connectivity index (χ2n) is 9.40. The van der Waals surface area contributed by atoms with E-state index in [2.05, 4.69) is 81.3 Å². The van der Waals surface area contributed by atoms with Crippen LogP contribution in [0.3, 0.4) is 0 Å². The molecule has 0 saturated heterocycles. The van der Waals surface area contributed by atoms with E-state index in [4.69, 9.17) is 0 Å². The Morgan fingerprint density at radius 3 is 2.08 bits per heavy atom. The molecule has 0 radical (unpaired) electrons. The van der Waals surface area contributed by atoms with Gasteiger partial charge in [0.1, 0.15) is 13.7 Å². The topological polar surface area (TPSA) is 17.8 Å². The van der Waals surface area contributed by atoms with E-state index < -0.39 is 5.79 Å². The van der Waals surface area contributed by atoms with Crippen molar-refractivity contribution >= 4 is 13.4 Å². The normalized spacial score (nSPS) is 18.1. The van der Waals surface area contributed by atoms with Crippen molar-refractivity contribution in [3.8, 4) is 11.4 Å². The lowest BCUT2D eigenvalue weighted by Crippen LogP contribution is -2.33. The van der Waals surface area contributed by atoms with Crippen LogP contribution in [-0.2, 0) is 5.79 Å². The monoisotopic (exact) mass is 488 g/mol. The Hall–Kier alpha value is -3.92. The molecular weight excluding hydrogens is 454 g/mol. The number of rotatable bonds is 5. The molecule has 0 spiro atoms. The number of aromatic nitrogens is 2. The smallest absolute Gasteiger partial charge is 0.212 e. The molecule has 4 heteroatoms. The summed E-state index contributed by atoms with van der Waals surface area (Å²) in [5.74, 6) is -1.14. The maximum absolute atomic E-state index is 15.3. The molecule has 2 unspecified atom stereocenters. The van der Waals surface area contributed by atoms with Gasteiger partial charge < -0.3 is 0 Å². The zero-order valence-electron chi connectivity index (χ0n) is 22.1. The Bertz CT molecular complexity index is 1370. The highest BCUT2D eigenvalue weighted by Crippen LogP contribution is 2.36. The molecule has 0 aliphatic heterocycles. The van der Waals surface area contributed by atoms with Crippen LogP contribution in [0.1, 0.15) is 29.2 Å². The highest BCUT2D eigenvalue weighted by atomic mass is 19.1. The van der Waals surface area contributed by atoms with E-state index in [-0.39, 0.29) is 5.92 Å². The van der Waals surface area contributed by atoms with Crippen LogP contribution in [0.4, 0.5) is 4.39 Å². The summed E-state index contributed by atoms with van der Waals surface area (Å²) < 4.78 is 16.9. The average molecular weight is 488 g/mol. The number of aryl methyl sites for hydroxylation is 2. The van der Waals surface area contributed by atoms with E-state index in [1.54, 1.807) is 29.1 Å². The van der Waals surface area contributed by atoms with Gasteiger partial charge in [0.25, 0.3) is 0 Å². The van der Waals surface area contributed by atoms with Crippen molar-refractivity contribution in [1.29, 1.82) is 0 Å². The molecule has 1 aliphatic carbocycles. The third kappa shape index (κ3) is 5.75. The van der Waals surface area contributed by atoms with Crippen LogP contribution in [0.15, 0.2) is 122 Å². The molecule has 2 atom stereocenters. The summed E-state index contributed by atoms with van der Waals surface area (Å²) in [4.78, 5) is 4.31. The summed E-state index contributed by atoms with van der Waals surface area (Å²) in [5, 5.41) is 0. The number of nitrogens with zero attached hydrogens (tertiary/aromatic N) is 2. The number of imidazole rings is 1. The molecule has 1 heterocycles. The van der Waals surface area contributed by atoms with Crippen molar-refractivity contribution < 1.29 is 4.39 Å². The number of benzene rings is 3. The van der Waals surface area contributed by atoms with Crippen LogP contribution in [0.25, 0.3) is 17.0 Å². The van der Waals surface area contributed by atoms with Crippen molar-refractivity contribution in [2.45, 2.75) is 32.9 Å². The Morgan fingerprint density at radius 2 is 1.51 bits per heavy atom. The molecule has 2 nitrogen and oxygen atoms in total. The molecule has 186 valence electrons. The van der Waals surface area contributed by atoms with Crippen LogP contribution >= 0.6 is 0 Å². The number of hydrogen-bond acceptors (Lipinski definition) is 1. The predicted molar refractivity (Wildman–Crippen MR) is 157 cm³/mol. The molecule has 0 bridgehead atoms. The van der Waals surface area contributed by atoms with E-state index in [1.165, 1.54) is 27.8 Å². The minimum Gasteiger partial charge on any atom is -0.294 e. The quantitative estimate of drug-likeness (QED) is 0.263. The maximum atomic E-state index is 15.3. The molecule has 37 heavy (non-hydrogen) atoms. The number of hydrogen-bond donors (Lipinski definition) is 0. The Kier molecular flexibility index (Phi) is 8.40. The van der Waals surface area contributed by atoms with Crippen LogP contribution < -0.4 is 0 Å². The van der Waals surface area contributed by atoms with E-state index in [1.807, 2.05) is 49.4 Å². The van der Waals surface area contributed by atoms with E-state index >= 15 is 4.39 Å². The van der Waals surface area contributed by atoms with Gasteiger partial charge in [-0.15, -0.1) is 0 Å². The third-order valence-corrected chi connectivity index (χ3v) is 6.80. The zero-order valence-corrected chi connectivity index (χ0v) is 22.1. The van der Waals surface area contributed by atoms with Crippen molar-refractivity contribution in [3.63, 3.8) is 0 Å². The van der Waals surface area contributed by atoms with Crippen LogP contribution in [0.5, 0.6) is 0 Å². The first kappa shape index (κ1) is 26.2. The Morgan fingerprint density at radius 1 is 0.919 bits per heavy atom. The van der Waals surface area contributed by atoms with Gasteiger partial charge in [0.2, 0.25) is 5.79 Å². The summed E-state index contributed by atoms with van der Waals surface area (Å²) in [6.07, 6.45) is 13.8. The lowest BCUT2D eigenvalue weighted by Gasteiger charge is -2.31. The first-order chi connectivity index (χ1) is 18.0. The fourth-order valence-electron chi connectivity index (χ4n) is 4.71. The van der Waals surface area contributed by atoms with Crippen molar-refractivity contribution in [3.05, 3.63) is 144 Å². The minimum absolute atomic E-state index is 0.228. The van der Waals surface area contributed by atoms with E-state index in [0.717, 1.165) is 11.9 Å². The SMILES string of the molecule is BCC=C(c1ccccc1C)c1ccccc1C.CC1C=CC=CC1(F)n1ccnc1-c1ccccc1. The average Bonchev–Trinajstić information content (AvgIpc) is 3.42. The summed E-state index contributed by atoms with van der Waals surface area (Å²) in [5.41, 5.74) is 7.62. The molecule has 0 N–H and O–H groups in total. The van der Waals surface area contributed by atoms with Gasteiger partial charge in [-0.2, -0.15) is 0 Å². The van der Waals surface area contributed by atoms with Gasteiger partial charge in [0.15, 0.2) is 0 Å². The third-order valence-electron chi connectivity index (χ3n) is 6.80. The molecule has 0 amide bonds. The van der Waals surface area contributed by atoms with E-state index in [0.29, 0.717) is 5.82 Å². The Balaban J connectivity index is 0.000000173. The fourth-order valence-corrected chi connectivity index (χ4v) is 4.71. The van der Waals surface area contributed by atoms with Gasteiger partial charge in [-0.3, -0.25) is 4.57 Å². The number of halogens is 1. The minimum atomic E-state index is -1.56. The molecule has 0 fully saturated rings. The molecule has 0 saturated carbocycles.